The highest BCUT2D eigenvalue weighted by Gasteiger charge is 2.35. The third kappa shape index (κ3) is 3.20. The molecule has 0 spiro atoms. The van der Waals surface area contributed by atoms with E-state index >= 15 is 0 Å². The van der Waals surface area contributed by atoms with Crippen molar-refractivity contribution in [2.45, 2.75) is 13.3 Å². The van der Waals surface area contributed by atoms with Gasteiger partial charge in [0.15, 0.2) is 11.5 Å². The summed E-state index contributed by atoms with van der Waals surface area (Å²) in [5, 5.41) is 2.78. The van der Waals surface area contributed by atoms with E-state index in [9.17, 15) is 9.59 Å². The van der Waals surface area contributed by atoms with Crippen LogP contribution in [0.3, 0.4) is 0 Å². The van der Waals surface area contributed by atoms with Gasteiger partial charge in [0.1, 0.15) is 19.0 Å². The van der Waals surface area contributed by atoms with Crippen molar-refractivity contribution < 1.29 is 19.1 Å². The largest absolute Gasteiger partial charge is 0.486 e. The summed E-state index contributed by atoms with van der Waals surface area (Å²) < 4.78 is 11.1. The fourth-order valence-electron chi connectivity index (χ4n) is 3.10. The number of ether oxygens (including phenoxy) is 2. The fourth-order valence-corrected chi connectivity index (χ4v) is 3.10. The summed E-state index contributed by atoms with van der Waals surface area (Å²) in [5.41, 5.74) is 1.73. The second-order valence-corrected chi connectivity index (χ2v) is 6.44. The molecule has 7 heteroatoms. The first-order chi connectivity index (χ1) is 12.6. The number of benzene rings is 1. The van der Waals surface area contributed by atoms with Crippen LogP contribution in [0.1, 0.15) is 12.0 Å². The molecule has 2 aliphatic rings. The quantitative estimate of drug-likeness (QED) is 0.914. The lowest BCUT2D eigenvalue weighted by molar-refractivity contribution is -0.122. The monoisotopic (exact) mass is 353 g/mol. The summed E-state index contributed by atoms with van der Waals surface area (Å²) in [6.07, 6.45) is 1.86. The molecule has 134 valence electrons. The van der Waals surface area contributed by atoms with Crippen molar-refractivity contribution in [3.05, 3.63) is 42.1 Å². The number of hydrogen-bond donors (Lipinski definition) is 1. The van der Waals surface area contributed by atoms with E-state index in [2.05, 4.69) is 10.3 Å². The molecule has 1 aromatic carbocycles. The van der Waals surface area contributed by atoms with Crippen LogP contribution in [0.2, 0.25) is 0 Å². The molecule has 1 fully saturated rings. The van der Waals surface area contributed by atoms with Gasteiger partial charge in [-0.3, -0.25) is 9.59 Å². The third-order valence-electron chi connectivity index (χ3n) is 4.50. The van der Waals surface area contributed by atoms with Gasteiger partial charge in [0, 0.05) is 30.9 Å². The third-order valence-corrected chi connectivity index (χ3v) is 4.50. The van der Waals surface area contributed by atoms with Crippen LogP contribution in [0.5, 0.6) is 11.5 Å². The Morgan fingerprint density at radius 3 is 2.77 bits per heavy atom. The van der Waals surface area contributed by atoms with Gasteiger partial charge in [0.25, 0.3) is 0 Å². The van der Waals surface area contributed by atoms with Gasteiger partial charge in [-0.05, 0) is 30.7 Å². The molecule has 2 aliphatic heterocycles. The molecule has 2 amide bonds. The first-order valence-corrected chi connectivity index (χ1v) is 8.54. The molecule has 3 heterocycles. The lowest BCUT2D eigenvalue weighted by Crippen LogP contribution is -2.28. The van der Waals surface area contributed by atoms with E-state index in [0.29, 0.717) is 42.8 Å². The van der Waals surface area contributed by atoms with Crippen molar-refractivity contribution in [1.29, 1.82) is 0 Å². The Morgan fingerprint density at radius 2 is 2.00 bits per heavy atom. The number of carbonyl (C=O) groups excluding carboxylic acids is 2. The van der Waals surface area contributed by atoms with Crippen molar-refractivity contribution in [1.82, 2.24) is 4.98 Å². The highest BCUT2D eigenvalue weighted by molar-refractivity contribution is 6.03. The molecule has 0 saturated carbocycles. The van der Waals surface area contributed by atoms with Crippen LogP contribution in [0, 0.1) is 12.8 Å². The number of hydrogen-bond acceptors (Lipinski definition) is 5. The number of nitrogens with one attached hydrogen (secondary N) is 1. The molecule has 1 N–H and O–H groups in total. The van der Waals surface area contributed by atoms with Crippen molar-refractivity contribution in [3.63, 3.8) is 0 Å². The first kappa shape index (κ1) is 16.4. The lowest BCUT2D eigenvalue weighted by Gasteiger charge is -2.22. The van der Waals surface area contributed by atoms with Crippen molar-refractivity contribution in [3.8, 4) is 11.5 Å². The summed E-state index contributed by atoms with van der Waals surface area (Å²) in [6, 6.07) is 9.02. The molecule has 1 aromatic heterocycles. The maximum absolute atomic E-state index is 12.5. The molecule has 7 nitrogen and oxygen atoms in total. The minimum Gasteiger partial charge on any atom is -0.486 e. The number of amides is 2. The van der Waals surface area contributed by atoms with E-state index in [-0.39, 0.29) is 18.2 Å². The average molecular weight is 353 g/mol. The summed E-state index contributed by atoms with van der Waals surface area (Å²) in [6.45, 7) is 3.26. The van der Waals surface area contributed by atoms with Crippen LogP contribution in [0.25, 0.3) is 0 Å². The van der Waals surface area contributed by atoms with Crippen molar-refractivity contribution in [2.24, 2.45) is 5.92 Å². The maximum atomic E-state index is 12.5. The van der Waals surface area contributed by atoms with Crippen LogP contribution in [-0.2, 0) is 9.59 Å². The molecule has 1 atom stereocenters. The first-order valence-electron chi connectivity index (χ1n) is 8.54. The zero-order chi connectivity index (χ0) is 18.1. The number of rotatable bonds is 3. The number of aryl methyl sites for hydroxylation is 1. The Balaban J connectivity index is 1.46. The van der Waals surface area contributed by atoms with E-state index in [1.807, 2.05) is 19.1 Å². The van der Waals surface area contributed by atoms with Gasteiger partial charge in [-0.25, -0.2) is 4.98 Å². The van der Waals surface area contributed by atoms with E-state index in [1.165, 1.54) is 0 Å². The zero-order valence-electron chi connectivity index (χ0n) is 14.4. The smallest absolute Gasteiger partial charge is 0.230 e. The van der Waals surface area contributed by atoms with Crippen molar-refractivity contribution in [2.75, 3.05) is 30.0 Å². The topological polar surface area (TPSA) is 80.8 Å². The van der Waals surface area contributed by atoms with E-state index in [0.717, 1.165) is 5.56 Å². The van der Waals surface area contributed by atoms with E-state index < -0.39 is 5.92 Å². The Hall–Kier alpha value is -3.09. The molecule has 0 aliphatic carbocycles. The van der Waals surface area contributed by atoms with Gasteiger partial charge in [0.2, 0.25) is 11.8 Å². The Labute approximate surface area is 150 Å². The normalized spacial score (nSPS) is 18.7. The number of nitrogens with zero attached hydrogens (tertiary/aromatic N) is 2. The van der Waals surface area contributed by atoms with Gasteiger partial charge >= 0.3 is 0 Å². The number of carbonyl (C=O) groups is 2. The summed E-state index contributed by atoms with van der Waals surface area (Å²) in [4.78, 5) is 30.7. The maximum Gasteiger partial charge on any atom is 0.230 e. The van der Waals surface area contributed by atoms with Gasteiger partial charge in [-0.1, -0.05) is 6.07 Å². The molecule has 0 bridgehead atoms. The summed E-state index contributed by atoms with van der Waals surface area (Å²) >= 11 is 0. The average Bonchev–Trinajstić information content (AvgIpc) is 3.05. The number of fused-ring (bicyclic) bond motifs is 1. The van der Waals surface area contributed by atoms with Crippen LogP contribution >= 0.6 is 0 Å². The highest BCUT2D eigenvalue weighted by Crippen LogP contribution is 2.36. The molecular formula is C19H19N3O4. The molecular weight excluding hydrogens is 334 g/mol. The van der Waals surface area contributed by atoms with Gasteiger partial charge < -0.3 is 19.7 Å². The fraction of sp³-hybridized carbons (Fsp3) is 0.316. The lowest BCUT2D eigenvalue weighted by atomic mass is 10.1. The SMILES string of the molecule is Cc1ccc(NC(=O)[C@@H]2CC(=O)N(c3ccc4c(c3)OCCO4)C2)nc1. The number of pyridine rings is 1. The molecule has 26 heavy (non-hydrogen) atoms. The Morgan fingerprint density at radius 1 is 1.19 bits per heavy atom. The Kier molecular flexibility index (Phi) is 4.20. The van der Waals surface area contributed by atoms with Crippen molar-refractivity contribution >= 4 is 23.3 Å². The van der Waals surface area contributed by atoms with Gasteiger partial charge in [-0.2, -0.15) is 0 Å². The minimum absolute atomic E-state index is 0.0845. The molecule has 2 aromatic rings. The van der Waals surface area contributed by atoms with Crippen LogP contribution < -0.4 is 19.7 Å². The standard InChI is InChI=1S/C19H19N3O4/c1-12-2-5-17(20-10-12)21-19(24)13-8-18(23)22(11-13)14-3-4-15-16(9-14)26-7-6-25-15/h2-5,9-10,13H,6-8,11H2,1H3,(H,20,21,24)/t13-/m1/s1. The van der Waals surface area contributed by atoms with Crippen LogP contribution in [0.15, 0.2) is 36.5 Å². The predicted octanol–water partition coefficient (Wildman–Crippen LogP) is 2.15. The summed E-state index contributed by atoms with van der Waals surface area (Å²) in [7, 11) is 0. The minimum atomic E-state index is -0.418. The van der Waals surface area contributed by atoms with Gasteiger partial charge in [-0.15, -0.1) is 0 Å². The molecule has 0 unspecified atom stereocenters. The summed E-state index contributed by atoms with van der Waals surface area (Å²) in [5.74, 6) is 1.09. The number of anilines is 2. The predicted molar refractivity (Wildman–Crippen MR) is 95.5 cm³/mol. The highest BCUT2D eigenvalue weighted by atomic mass is 16.6. The second-order valence-electron chi connectivity index (χ2n) is 6.44. The second kappa shape index (κ2) is 6.67. The van der Waals surface area contributed by atoms with E-state index in [1.54, 1.807) is 29.3 Å². The Bertz CT molecular complexity index is 850. The van der Waals surface area contributed by atoms with Gasteiger partial charge in [0.05, 0.1) is 5.92 Å². The number of aromatic nitrogens is 1. The zero-order valence-corrected chi connectivity index (χ0v) is 14.4. The molecule has 1 saturated heterocycles. The molecule has 4 rings (SSSR count). The van der Waals surface area contributed by atoms with E-state index in [4.69, 9.17) is 9.47 Å². The van der Waals surface area contributed by atoms with Crippen LogP contribution in [0.4, 0.5) is 11.5 Å². The molecule has 0 radical (unpaired) electrons. The van der Waals surface area contributed by atoms with Crippen LogP contribution in [-0.4, -0.2) is 36.6 Å².